The quantitative estimate of drug-likeness (QED) is 0.291. The van der Waals surface area contributed by atoms with Gasteiger partial charge in [-0.15, -0.1) is 0 Å². The SMILES string of the molecule is Cc1cccc2c3ccccc3c3[nH]c4ccc(C(F)(F)F)cc4c3c12. The Morgan fingerprint density at radius 1 is 0.731 bits per heavy atom. The lowest BCUT2D eigenvalue weighted by Crippen LogP contribution is -2.03. The van der Waals surface area contributed by atoms with Gasteiger partial charge in [0.15, 0.2) is 0 Å². The van der Waals surface area contributed by atoms with Crippen LogP contribution in [0.4, 0.5) is 13.2 Å². The number of rotatable bonds is 0. The molecule has 4 aromatic carbocycles. The van der Waals surface area contributed by atoms with Gasteiger partial charge in [-0.2, -0.15) is 13.2 Å². The molecule has 128 valence electrons. The smallest absolute Gasteiger partial charge is 0.354 e. The molecule has 0 fully saturated rings. The molecule has 0 aliphatic rings. The Hall–Kier alpha value is -3.01. The van der Waals surface area contributed by atoms with Crippen molar-refractivity contribution in [2.45, 2.75) is 13.1 Å². The van der Waals surface area contributed by atoms with E-state index < -0.39 is 11.7 Å². The summed E-state index contributed by atoms with van der Waals surface area (Å²) >= 11 is 0. The first-order valence-corrected chi connectivity index (χ1v) is 8.38. The zero-order valence-electron chi connectivity index (χ0n) is 13.9. The molecule has 5 aromatic rings. The molecule has 0 aliphatic heterocycles. The molecule has 0 unspecified atom stereocenters. The van der Waals surface area contributed by atoms with Crippen molar-refractivity contribution in [3.8, 4) is 0 Å². The number of fused-ring (bicyclic) bond motifs is 8. The van der Waals surface area contributed by atoms with Gasteiger partial charge in [0.2, 0.25) is 0 Å². The summed E-state index contributed by atoms with van der Waals surface area (Å²) in [5, 5.41) is 5.66. The number of nitrogens with one attached hydrogen (secondary N) is 1. The molecule has 26 heavy (non-hydrogen) atoms. The average molecular weight is 349 g/mol. The fraction of sp³-hybridized carbons (Fsp3) is 0.0909. The standard InChI is InChI=1S/C22H14F3N/c1-12-5-4-8-15-14-6-2-3-7-16(14)21-20(19(12)15)17-11-13(22(23,24)25)9-10-18(17)26-21/h2-11,26H,1H3. The van der Waals surface area contributed by atoms with Crippen molar-refractivity contribution in [1.29, 1.82) is 0 Å². The first-order valence-electron chi connectivity index (χ1n) is 8.38. The van der Waals surface area contributed by atoms with E-state index in [2.05, 4.69) is 11.1 Å². The molecule has 0 spiro atoms. The summed E-state index contributed by atoms with van der Waals surface area (Å²) in [7, 11) is 0. The first-order chi connectivity index (χ1) is 12.4. The van der Waals surface area contributed by atoms with Crippen molar-refractivity contribution >= 4 is 43.4 Å². The number of halogens is 3. The van der Waals surface area contributed by atoms with Gasteiger partial charge in [0.1, 0.15) is 0 Å². The van der Waals surface area contributed by atoms with Crippen LogP contribution in [0.15, 0.2) is 60.7 Å². The summed E-state index contributed by atoms with van der Waals surface area (Å²) in [6.45, 7) is 2.00. The Morgan fingerprint density at radius 3 is 2.23 bits per heavy atom. The third-order valence-corrected chi connectivity index (χ3v) is 5.14. The lowest BCUT2D eigenvalue weighted by molar-refractivity contribution is -0.137. The van der Waals surface area contributed by atoms with Gasteiger partial charge < -0.3 is 4.98 Å². The summed E-state index contributed by atoms with van der Waals surface area (Å²) in [5.41, 5.74) is 2.03. The predicted octanol–water partition coefficient (Wildman–Crippen LogP) is 6.95. The number of benzene rings is 4. The third kappa shape index (κ3) is 1.99. The number of aryl methyl sites for hydroxylation is 1. The summed E-state index contributed by atoms with van der Waals surface area (Å²) in [5.74, 6) is 0. The van der Waals surface area contributed by atoms with E-state index in [-0.39, 0.29) is 0 Å². The second-order valence-corrected chi connectivity index (χ2v) is 6.68. The van der Waals surface area contributed by atoms with Crippen LogP contribution in [-0.4, -0.2) is 4.98 Å². The highest BCUT2D eigenvalue weighted by Crippen LogP contribution is 2.41. The van der Waals surface area contributed by atoms with Gasteiger partial charge in [-0.05, 0) is 46.8 Å². The van der Waals surface area contributed by atoms with E-state index in [0.29, 0.717) is 10.9 Å². The number of H-pyrrole nitrogens is 1. The molecule has 1 N–H and O–H groups in total. The van der Waals surface area contributed by atoms with Gasteiger partial charge in [-0.25, -0.2) is 0 Å². The van der Waals surface area contributed by atoms with Crippen molar-refractivity contribution < 1.29 is 13.2 Å². The predicted molar refractivity (Wildman–Crippen MR) is 101 cm³/mol. The number of hydrogen-bond acceptors (Lipinski definition) is 0. The summed E-state index contributed by atoms with van der Waals surface area (Å²) in [6.07, 6.45) is -4.36. The van der Waals surface area contributed by atoms with E-state index in [1.165, 1.54) is 12.1 Å². The zero-order valence-corrected chi connectivity index (χ0v) is 13.9. The lowest BCUT2D eigenvalue weighted by atomic mass is 9.94. The Balaban J connectivity index is 2.11. The van der Waals surface area contributed by atoms with Crippen LogP contribution < -0.4 is 0 Å². The fourth-order valence-corrected chi connectivity index (χ4v) is 3.99. The lowest BCUT2D eigenvalue weighted by Gasteiger charge is -2.10. The highest BCUT2D eigenvalue weighted by molar-refractivity contribution is 6.31. The molecular weight excluding hydrogens is 335 g/mol. The summed E-state index contributed by atoms with van der Waals surface area (Å²) < 4.78 is 39.8. The Kier molecular flexibility index (Phi) is 2.94. The van der Waals surface area contributed by atoms with Gasteiger partial charge in [-0.1, -0.05) is 42.5 Å². The monoisotopic (exact) mass is 349 g/mol. The minimum atomic E-state index is -4.36. The van der Waals surface area contributed by atoms with E-state index >= 15 is 0 Å². The number of alkyl halides is 3. The van der Waals surface area contributed by atoms with E-state index in [4.69, 9.17) is 0 Å². The van der Waals surface area contributed by atoms with Crippen LogP contribution in [0.25, 0.3) is 43.4 Å². The average Bonchev–Trinajstić information content (AvgIpc) is 3.00. The topological polar surface area (TPSA) is 15.8 Å². The van der Waals surface area contributed by atoms with Crippen LogP contribution >= 0.6 is 0 Å². The van der Waals surface area contributed by atoms with Crippen LogP contribution in [0.3, 0.4) is 0 Å². The van der Waals surface area contributed by atoms with Crippen molar-refractivity contribution in [3.63, 3.8) is 0 Å². The normalized spacial score (nSPS) is 12.6. The molecule has 5 rings (SSSR count). The molecule has 1 aromatic heterocycles. The Morgan fingerprint density at radius 2 is 1.46 bits per heavy atom. The van der Waals surface area contributed by atoms with Gasteiger partial charge in [0.05, 0.1) is 11.1 Å². The fourth-order valence-electron chi connectivity index (χ4n) is 3.99. The Bertz CT molecular complexity index is 1330. The largest absolute Gasteiger partial charge is 0.416 e. The molecule has 0 bridgehead atoms. The minimum absolute atomic E-state index is 0.611. The molecule has 0 amide bonds. The highest BCUT2D eigenvalue weighted by atomic mass is 19.4. The van der Waals surface area contributed by atoms with Crippen LogP contribution in [-0.2, 0) is 6.18 Å². The van der Waals surface area contributed by atoms with Crippen LogP contribution in [0.1, 0.15) is 11.1 Å². The van der Waals surface area contributed by atoms with E-state index in [9.17, 15) is 13.2 Å². The molecule has 4 heteroatoms. The summed E-state index contributed by atoms with van der Waals surface area (Å²) in [6, 6.07) is 18.0. The van der Waals surface area contributed by atoms with Gasteiger partial charge in [0.25, 0.3) is 0 Å². The maximum Gasteiger partial charge on any atom is 0.416 e. The maximum absolute atomic E-state index is 13.3. The van der Waals surface area contributed by atoms with Crippen LogP contribution in [0.5, 0.6) is 0 Å². The van der Waals surface area contributed by atoms with Gasteiger partial charge in [-0.3, -0.25) is 0 Å². The summed E-state index contributed by atoms with van der Waals surface area (Å²) in [4.78, 5) is 3.35. The van der Waals surface area contributed by atoms with Crippen molar-refractivity contribution in [1.82, 2.24) is 4.98 Å². The van der Waals surface area contributed by atoms with Gasteiger partial charge >= 0.3 is 6.18 Å². The number of hydrogen-bond donors (Lipinski definition) is 1. The van der Waals surface area contributed by atoms with Crippen LogP contribution in [0.2, 0.25) is 0 Å². The zero-order chi connectivity index (χ0) is 18.1. The second-order valence-electron chi connectivity index (χ2n) is 6.68. The van der Waals surface area contributed by atoms with Crippen molar-refractivity contribution in [3.05, 3.63) is 71.8 Å². The third-order valence-electron chi connectivity index (χ3n) is 5.14. The molecule has 0 saturated carbocycles. The maximum atomic E-state index is 13.3. The van der Waals surface area contributed by atoms with E-state index in [0.717, 1.165) is 44.1 Å². The molecule has 1 heterocycles. The van der Waals surface area contributed by atoms with E-state index in [1.54, 1.807) is 0 Å². The van der Waals surface area contributed by atoms with Crippen LogP contribution in [0, 0.1) is 6.92 Å². The second kappa shape index (κ2) is 5.01. The Labute approximate surface area is 147 Å². The highest BCUT2D eigenvalue weighted by Gasteiger charge is 2.31. The molecule has 0 atom stereocenters. The number of aromatic amines is 1. The minimum Gasteiger partial charge on any atom is -0.354 e. The first kappa shape index (κ1) is 15.3. The van der Waals surface area contributed by atoms with Crippen molar-refractivity contribution in [2.75, 3.05) is 0 Å². The van der Waals surface area contributed by atoms with Gasteiger partial charge in [0, 0.05) is 21.7 Å². The molecular formula is C22H14F3N. The van der Waals surface area contributed by atoms with Crippen molar-refractivity contribution in [2.24, 2.45) is 0 Å². The number of aromatic nitrogens is 1. The molecule has 1 nitrogen and oxygen atoms in total. The molecule has 0 aliphatic carbocycles. The van der Waals surface area contributed by atoms with E-state index in [1.807, 2.05) is 43.3 Å². The molecule has 0 radical (unpaired) electrons. The molecule has 0 saturated heterocycles.